The van der Waals surface area contributed by atoms with E-state index in [0.29, 0.717) is 5.13 Å². The quantitative estimate of drug-likeness (QED) is 0.918. The number of carbonyl (C=O) groups is 1. The molecule has 0 radical (unpaired) electrons. The van der Waals surface area contributed by atoms with Gasteiger partial charge in [-0.1, -0.05) is 19.9 Å². The zero-order chi connectivity index (χ0) is 12.4. The molecule has 0 saturated carbocycles. The molecule has 0 fully saturated rings. The van der Waals surface area contributed by atoms with Crippen molar-refractivity contribution in [2.45, 2.75) is 20.8 Å². The summed E-state index contributed by atoms with van der Waals surface area (Å²) in [4.78, 5) is 18.3. The molecule has 17 heavy (non-hydrogen) atoms. The van der Waals surface area contributed by atoms with Crippen molar-refractivity contribution >= 4 is 33.7 Å². The number of amides is 1. The maximum atomic E-state index is 11.6. The number of hydrogen-bond donors (Lipinski definition) is 1. The van der Waals surface area contributed by atoms with Crippen molar-refractivity contribution in [2.24, 2.45) is 5.92 Å². The first-order valence-corrected chi connectivity index (χ1v) is 7.09. The molecule has 2 aromatic rings. The number of nitrogens with zero attached hydrogens (tertiary/aromatic N) is 1. The van der Waals surface area contributed by atoms with Crippen LogP contribution in [0.25, 0.3) is 10.6 Å². The second kappa shape index (κ2) is 4.98. The number of aryl methyl sites for hydroxylation is 1. The number of hydrogen-bond acceptors (Lipinski definition) is 4. The van der Waals surface area contributed by atoms with E-state index in [1.807, 2.05) is 38.3 Å². The molecule has 0 aliphatic rings. The van der Waals surface area contributed by atoms with Crippen LogP contribution in [0, 0.1) is 12.8 Å². The molecule has 3 nitrogen and oxygen atoms in total. The van der Waals surface area contributed by atoms with E-state index in [0.717, 1.165) is 15.4 Å². The van der Waals surface area contributed by atoms with Crippen LogP contribution in [0.2, 0.25) is 0 Å². The van der Waals surface area contributed by atoms with E-state index in [9.17, 15) is 4.79 Å². The van der Waals surface area contributed by atoms with Gasteiger partial charge in [0.1, 0.15) is 0 Å². The lowest BCUT2D eigenvalue weighted by atomic mass is 10.2. The zero-order valence-corrected chi connectivity index (χ0v) is 11.6. The van der Waals surface area contributed by atoms with Gasteiger partial charge in [-0.15, -0.1) is 22.7 Å². The maximum absolute atomic E-state index is 11.6. The molecule has 0 atom stereocenters. The summed E-state index contributed by atoms with van der Waals surface area (Å²) in [6, 6.07) is 4.05. The third-order valence-electron chi connectivity index (χ3n) is 2.31. The molecule has 2 heterocycles. The highest BCUT2D eigenvalue weighted by Crippen LogP contribution is 2.32. The largest absolute Gasteiger partial charge is 0.302 e. The summed E-state index contributed by atoms with van der Waals surface area (Å²) in [6.45, 7) is 5.77. The van der Waals surface area contributed by atoms with E-state index >= 15 is 0 Å². The summed E-state index contributed by atoms with van der Waals surface area (Å²) >= 11 is 3.18. The summed E-state index contributed by atoms with van der Waals surface area (Å²) < 4.78 is 0. The Morgan fingerprint density at radius 2 is 2.24 bits per heavy atom. The van der Waals surface area contributed by atoms with Gasteiger partial charge in [0.15, 0.2) is 5.13 Å². The van der Waals surface area contributed by atoms with E-state index in [-0.39, 0.29) is 11.8 Å². The summed E-state index contributed by atoms with van der Waals surface area (Å²) in [6.07, 6.45) is 0. The van der Waals surface area contributed by atoms with Gasteiger partial charge in [-0.05, 0) is 18.4 Å². The molecule has 0 bridgehead atoms. The first-order chi connectivity index (χ1) is 8.08. The van der Waals surface area contributed by atoms with Gasteiger partial charge in [-0.3, -0.25) is 4.79 Å². The number of anilines is 1. The number of rotatable bonds is 3. The monoisotopic (exact) mass is 266 g/mol. The number of thiophene rings is 1. The predicted octanol–water partition coefficient (Wildman–Crippen LogP) is 3.77. The van der Waals surface area contributed by atoms with Crippen molar-refractivity contribution in [2.75, 3.05) is 5.32 Å². The topological polar surface area (TPSA) is 42.0 Å². The van der Waals surface area contributed by atoms with E-state index in [1.54, 1.807) is 11.3 Å². The lowest BCUT2D eigenvalue weighted by Crippen LogP contribution is -2.17. The van der Waals surface area contributed by atoms with Crippen LogP contribution in [-0.2, 0) is 4.79 Å². The van der Waals surface area contributed by atoms with E-state index in [2.05, 4.69) is 10.3 Å². The van der Waals surface area contributed by atoms with Crippen molar-refractivity contribution in [3.8, 4) is 10.6 Å². The van der Waals surface area contributed by atoms with Crippen LogP contribution in [0.15, 0.2) is 17.5 Å². The summed E-state index contributed by atoms with van der Waals surface area (Å²) in [5.74, 6) is -0.0131. The molecule has 1 amide bonds. The molecule has 0 aliphatic carbocycles. The van der Waals surface area contributed by atoms with Gasteiger partial charge >= 0.3 is 0 Å². The molecule has 1 N–H and O–H groups in total. The Bertz CT molecular complexity index is 515. The fourth-order valence-electron chi connectivity index (χ4n) is 1.34. The van der Waals surface area contributed by atoms with Gasteiger partial charge in [0.25, 0.3) is 0 Å². The molecule has 2 aromatic heterocycles. The highest BCUT2D eigenvalue weighted by molar-refractivity contribution is 7.17. The molecular weight excluding hydrogens is 252 g/mol. The minimum absolute atomic E-state index is 0.0106. The third-order valence-corrected chi connectivity index (χ3v) is 4.07. The van der Waals surface area contributed by atoms with Crippen LogP contribution >= 0.6 is 22.7 Å². The van der Waals surface area contributed by atoms with E-state index < -0.39 is 0 Å². The van der Waals surface area contributed by atoms with Crippen molar-refractivity contribution < 1.29 is 4.79 Å². The minimum atomic E-state index is -0.0237. The Kier molecular flexibility index (Phi) is 3.59. The average Bonchev–Trinajstić information content (AvgIpc) is 2.87. The minimum Gasteiger partial charge on any atom is -0.302 e. The molecule has 0 unspecified atom stereocenters. The molecule has 2 rings (SSSR count). The van der Waals surface area contributed by atoms with Crippen LogP contribution in [0.1, 0.15) is 18.7 Å². The number of thiazole rings is 1. The molecule has 0 aromatic carbocycles. The Morgan fingerprint density at radius 3 is 2.82 bits per heavy atom. The average molecular weight is 266 g/mol. The van der Waals surface area contributed by atoms with Crippen molar-refractivity contribution in [3.05, 3.63) is 22.4 Å². The molecule has 0 spiro atoms. The number of aromatic nitrogens is 1. The third kappa shape index (κ3) is 2.73. The van der Waals surface area contributed by atoms with Crippen LogP contribution in [0.3, 0.4) is 0 Å². The van der Waals surface area contributed by atoms with Crippen molar-refractivity contribution in [1.29, 1.82) is 0 Å². The molecule has 0 aliphatic heterocycles. The molecule has 90 valence electrons. The van der Waals surface area contributed by atoms with Crippen molar-refractivity contribution in [3.63, 3.8) is 0 Å². The van der Waals surface area contributed by atoms with E-state index in [4.69, 9.17) is 0 Å². The smallest absolute Gasteiger partial charge is 0.228 e. The Balaban J connectivity index is 2.22. The molecule has 0 saturated heterocycles. The van der Waals surface area contributed by atoms with Crippen LogP contribution in [0.4, 0.5) is 5.13 Å². The van der Waals surface area contributed by atoms with E-state index in [1.165, 1.54) is 11.3 Å². The van der Waals surface area contributed by atoms with Crippen LogP contribution in [-0.4, -0.2) is 10.9 Å². The standard InChI is InChI=1S/C12H14N2OS2/c1-7(2)11(15)14-12-13-10(8(3)17-12)9-5-4-6-16-9/h4-7H,1-3H3,(H,13,14,15). The summed E-state index contributed by atoms with van der Waals surface area (Å²) in [7, 11) is 0. The first kappa shape index (κ1) is 12.3. The number of nitrogens with one attached hydrogen (secondary N) is 1. The Morgan fingerprint density at radius 1 is 1.47 bits per heavy atom. The predicted molar refractivity (Wildman–Crippen MR) is 73.6 cm³/mol. The zero-order valence-electron chi connectivity index (χ0n) is 9.98. The number of carbonyl (C=O) groups excluding carboxylic acids is 1. The maximum Gasteiger partial charge on any atom is 0.228 e. The van der Waals surface area contributed by atoms with Crippen LogP contribution < -0.4 is 5.32 Å². The second-order valence-corrected chi connectivity index (χ2v) is 6.20. The normalized spacial score (nSPS) is 10.8. The van der Waals surface area contributed by atoms with Gasteiger partial charge in [0, 0.05) is 10.8 Å². The van der Waals surface area contributed by atoms with Gasteiger partial charge < -0.3 is 5.32 Å². The fourth-order valence-corrected chi connectivity index (χ4v) is 3.01. The molecule has 5 heteroatoms. The first-order valence-electron chi connectivity index (χ1n) is 5.40. The Labute approximate surface area is 109 Å². The van der Waals surface area contributed by atoms with Gasteiger partial charge in [0.05, 0.1) is 10.6 Å². The lowest BCUT2D eigenvalue weighted by Gasteiger charge is -2.02. The summed E-state index contributed by atoms with van der Waals surface area (Å²) in [5, 5.41) is 5.55. The summed E-state index contributed by atoms with van der Waals surface area (Å²) in [5.41, 5.74) is 0.976. The Hall–Kier alpha value is -1.20. The molecular formula is C12H14N2OS2. The SMILES string of the molecule is Cc1sc(NC(=O)C(C)C)nc1-c1cccs1. The highest BCUT2D eigenvalue weighted by Gasteiger charge is 2.14. The lowest BCUT2D eigenvalue weighted by molar-refractivity contribution is -0.118. The van der Waals surface area contributed by atoms with Gasteiger partial charge in [-0.25, -0.2) is 4.98 Å². The van der Waals surface area contributed by atoms with Crippen molar-refractivity contribution in [1.82, 2.24) is 4.98 Å². The van der Waals surface area contributed by atoms with Crippen LogP contribution in [0.5, 0.6) is 0 Å². The second-order valence-electron chi connectivity index (χ2n) is 4.05. The van der Waals surface area contributed by atoms with Gasteiger partial charge in [0.2, 0.25) is 5.91 Å². The fraction of sp³-hybridized carbons (Fsp3) is 0.333. The highest BCUT2D eigenvalue weighted by atomic mass is 32.1. The van der Waals surface area contributed by atoms with Gasteiger partial charge in [-0.2, -0.15) is 0 Å².